The molecule has 1 saturated carbocycles. The second-order valence-corrected chi connectivity index (χ2v) is 7.86. The molecule has 0 spiro atoms. The first-order valence-electron chi connectivity index (χ1n) is 5.49. The number of sulfonamides is 1. The Morgan fingerprint density at radius 3 is 2.06 bits per heavy atom. The van der Waals surface area contributed by atoms with Gasteiger partial charge in [0.15, 0.2) is 0 Å². The van der Waals surface area contributed by atoms with Crippen LogP contribution in [0.1, 0.15) is 46.5 Å². The summed E-state index contributed by atoms with van der Waals surface area (Å²) >= 11 is 0. The summed E-state index contributed by atoms with van der Waals surface area (Å²) in [6.07, 6.45) is 3.06. The molecule has 0 heterocycles. The number of nitrogens with one attached hydrogen (secondary N) is 2. The highest BCUT2D eigenvalue weighted by Crippen LogP contribution is 2.31. The first-order valence-corrected chi connectivity index (χ1v) is 6.97. The van der Waals surface area contributed by atoms with Gasteiger partial charge in [0.2, 0.25) is 10.0 Å². The van der Waals surface area contributed by atoms with Crippen LogP contribution >= 0.6 is 0 Å². The van der Waals surface area contributed by atoms with Crippen molar-refractivity contribution in [2.24, 2.45) is 5.73 Å². The van der Waals surface area contributed by atoms with Gasteiger partial charge in [-0.2, -0.15) is 0 Å². The molecule has 0 radical (unpaired) electrons. The Morgan fingerprint density at radius 2 is 1.75 bits per heavy atom. The highest BCUT2D eigenvalue weighted by Gasteiger charge is 2.43. The summed E-state index contributed by atoms with van der Waals surface area (Å²) in [7, 11) is -3.46. The summed E-state index contributed by atoms with van der Waals surface area (Å²) in [4.78, 5) is 0. The highest BCUT2D eigenvalue weighted by atomic mass is 32.2. The Morgan fingerprint density at radius 1 is 1.31 bits per heavy atom. The Labute approximate surface area is 97.4 Å². The first-order chi connectivity index (χ1) is 7.11. The fourth-order valence-electron chi connectivity index (χ4n) is 1.82. The third kappa shape index (κ3) is 2.38. The van der Waals surface area contributed by atoms with Gasteiger partial charge in [-0.3, -0.25) is 5.41 Å². The standard InChI is InChI=1S/C10H21N3O2S/c1-9(2,3)16(14,15)13-10(8(11)12)6-4-5-7-10/h13H,4-7H2,1-3H3,(H3,11,12). The van der Waals surface area contributed by atoms with Crippen molar-refractivity contribution in [3.8, 4) is 0 Å². The van der Waals surface area contributed by atoms with Crippen LogP contribution in [-0.2, 0) is 10.0 Å². The van der Waals surface area contributed by atoms with E-state index in [9.17, 15) is 8.42 Å². The van der Waals surface area contributed by atoms with E-state index in [0.29, 0.717) is 12.8 Å². The molecule has 1 aliphatic rings. The van der Waals surface area contributed by atoms with Crippen LogP contribution in [0.3, 0.4) is 0 Å². The summed E-state index contributed by atoms with van der Waals surface area (Å²) in [5.74, 6) is -0.0715. The van der Waals surface area contributed by atoms with Crippen molar-refractivity contribution < 1.29 is 8.42 Å². The molecular weight excluding hydrogens is 226 g/mol. The lowest BCUT2D eigenvalue weighted by molar-refractivity contribution is 0.478. The number of rotatable bonds is 3. The molecule has 0 aliphatic heterocycles. The van der Waals surface area contributed by atoms with E-state index in [1.165, 1.54) is 0 Å². The van der Waals surface area contributed by atoms with Gasteiger partial charge in [-0.05, 0) is 33.6 Å². The zero-order chi connectivity index (χ0) is 12.6. The SMILES string of the molecule is CC(C)(C)S(=O)(=O)NC1(C(=N)N)CCCC1. The maximum atomic E-state index is 12.1. The van der Waals surface area contributed by atoms with Gasteiger partial charge < -0.3 is 5.73 Å². The third-order valence-corrected chi connectivity index (χ3v) is 5.38. The zero-order valence-corrected chi connectivity index (χ0v) is 10.9. The van der Waals surface area contributed by atoms with E-state index in [-0.39, 0.29) is 5.84 Å². The van der Waals surface area contributed by atoms with Gasteiger partial charge in [0, 0.05) is 0 Å². The predicted octanol–water partition coefficient (Wildman–Crippen LogP) is 0.953. The molecule has 6 heteroatoms. The van der Waals surface area contributed by atoms with Gasteiger partial charge in [-0.25, -0.2) is 13.1 Å². The summed E-state index contributed by atoms with van der Waals surface area (Å²) in [5, 5.41) is 7.57. The minimum Gasteiger partial charge on any atom is -0.386 e. The summed E-state index contributed by atoms with van der Waals surface area (Å²) < 4.78 is 25.9. The van der Waals surface area contributed by atoms with Crippen molar-refractivity contribution in [3.05, 3.63) is 0 Å². The Bertz CT molecular complexity index is 375. The molecule has 94 valence electrons. The molecule has 16 heavy (non-hydrogen) atoms. The van der Waals surface area contributed by atoms with E-state index in [2.05, 4.69) is 4.72 Å². The van der Waals surface area contributed by atoms with E-state index in [4.69, 9.17) is 11.1 Å². The fourth-order valence-corrected chi connectivity index (χ4v) is 2.95. The van der Waals surface area contributed by atoms with E-state index in [1.807, 2.05) is 0 Å². The van der Waals surface area contributed by atoms with Crippen LogP contribution in [0.4, 0.5) is 0 Å². The molecule has 0 aromatic carbocycles. The molecule has 0 aromatic rings. The molecule has 0 amide bonds. The molecule has 0 bridgehead atoms. The monoisotopic (exact) mass is 247 g/mol. The van der Waals surface area contributed by atoms with Crippen molar-refractivity contribution in [3.63, 3.8) is 0 Å². The number of hydrogen-bond donors (Lipinski definition) is 3. The second-order valence-electron chi connectivity index (χ2n) is 5.42. The van der Waals surface area contributed by atoms with Crippen molar-refractivity contribution in [1.29, 1.82) is 5.41 Å². The van der Waals surface area contributed by atoms with Crippen LogP contribution < -0.4 is 10.5 Å². The van der Waals surface area contributed by atoms with E-state index < -0.39 is 20.3 Å². The topological polar surface area (TPSA) is 96.0 Å². The Balaban J connectivity index is 2.99. The lowest BCUT2D eigenvalue weighted by atomic mass is 9.98. The molecule has 1 rings (SSSR count). The molecule has 1 fully saturated rings. The van der Waals surface area contributed by atoms with Gasteiger partial charge >= 0.3 is 0 Å². The Kier molecular flexibility index (Phi) is 3.36. The second kappa shape index (κ2) is 4.00. The lowest BCUT2D eigenvalue weighted by Crippen LogP contribution is -2.58. The fraction of sp³-hybridized carbons (Fsp3) is 0.900. The Hall–Kier alpha value is -0.620. The van der Waals surface area contributed by atoms with Crippen LogP contribution in [-0.4, -0.2) is 24.5 Å². The maximum Gasteiger partial charge on any atom is 0.217 e. The molecule has 1 aliphatic carbocycles. The van der Waals surface area contributed by atoms with Gasteiger partial charge in [0.1, 0.15) is 5.84 Å². The van der Waals surface area contributed by atoms with E-state index in [0.717, 1.165) is 12.8 Å². The van der Waals surface area contributed by atoms with E-state index in [1.54, 1.807) is 20.8 Å². The smallest absolute Gasteiger partial charge is 0.217 e. The minimum atomic E-state index is -3.46. The normalized spacial score (nSPS) is 20.9. The molecule has 0 saturated heterocycles. The quantitative estimate of drug-likeness (QED) is 0.512. The van der Waals surface area contributed by atoms with Crippen molar-refractivity contribution in [2.45, 2.75) is 56.7 Å². The zero-order valence-electron chi connectivity index (χ0n) is 10.1. The maximum absolute atomic E-state index is 12.1. The van der Waals surface area contributed by atoms with Crippen molar-refractivity contribution in [1.82, 2.24) is 4.72 Å². The van der Waals surface area contributed by atoms with Crippen LogP contribution in [0.25, 0.3) is 0 Å². The molecule has 0 atom stereocenters. The van der Waals surface area contributed by atoms with Crippen LogP contribution in [0, 0.1) is 5.41 Å². The van der Waals surface area contributed by atoms with Gasteiger partial charge in [-0.1, -0.05) is 12.8 Å². The first kappa shape index (κ1) is 13.4. The van der Waals surface area contributed by atoms with Gasteiger partial charge in [-0.15, -0.1) is 0 Å². The van der Waals surface area contributed by atoms with Crippen LogP contribution in [0.5, 0.6) is 0 Å². The van der Waals surface area contributed by atoms with Crippen LogP contribution in [0.2, 0.25) is 0 Å². The summed E-state index contributed by atoms with van der Waals surface area (Å²) in [5.41, 5.74) is 4.70. The van der Waals surface area contributed by atoms with Crippen molar-refractivity contribution in [2.75, 3.05) is 0 Å². The largest absolute Gasteiger partial charge is 0.386 e. The van der Waals surface area contributed by atoms with Crippen LogP contribution in [0.15, 0.2) is 0 Å². The average molecular weight is 247 g/mol. The predicted molar refractivity (Wildman–Crippen MR) is 64.9 cm³/mol. The molecule has 0 aromatic heterocycles. The summed E-state index contributed by atoms with van der Waals surface area (Å²) in [6, 6.07) is 0. The molecule has 4 N–H and O–H groups in total. The summed E-state index contributed by atoms with van der Waals surface area (Å²) in [6.45, 7) is 4.91. The molecule has 5 nitrogen and oxygen atoms in total. The van der Waals surface area contributed by atoms with E-state index >= 15 is 0 Å². The number of nitrogens with two attached hydrogens (primary N) is 1. The molecule has 0 unspecified atom stereocenters. The van der Waals surface area contributed by atoms with Gasteiger partial charge in [0.05, 0.1) is 10.3 Å². The van der Waals surface area contributed by atoms with Gasteiger partial charge in [0.25, 0.3) is 0 Å². The van der Waals surface area contributed by atoms with Crippen molar-refractivity contribution >= 4 is 15.9 Å². The number of amidine groups is 1. The number of hydrogen-bond acceptors (Lipinski definition) is 3. The third-order valence-electron chi connectivity index (χ3n) is 3.11. The minimum absolute atomic E-state index is 0.0715. The molecular formula is C10H21N3O2S. The highest BCUT2D eigenvalue weighted by molar-refractivity contribution is 7.90. The average Bonchev–Trinajstić information content (AvgIpc) is 2.50. The lowest BCUT2D eigenvalue weighted by Gasteiger charge is -2.32.